The zero-order chi connectivity index (χ0) is 13.3. The third-order valence-corrected chi connectivity index (χ3v) is 3.59. The van der Waals surface area contributed by atoms with Gasteiger partial charge in [-0.05, 0) is 25.3 Å². The predicted molar refractivity (Wildman–Crippen MR) is 93.6 cm³/mol. The first-order valence-corrected chi connectivity index (χ1v) is 7.33. The van der Waals surface area contributed by atoms with Crippen molar-refractivity contribution in [2.75, 3.05) is 13.6 Å². The lowest BCUT2D eigenvalue weighted by atomic mass is 9.96. The highest BCUT2D eigenvalue weighted by atomic mass is 127. The molecule has 2 rings (SSSR count). The summed E-state index contributed by atoms with van der Waals surface area (Å²) in [6.07, 6.45) is 11.5. The van der Waals surface area contributed by atoms with Gasteiger partial charge >= 0.3 is 0 Å². The minimum Gasteiger partial charge on any atom is -0.356 e. The monoisotopic (exact) mass is 391 g/mol. The second kappa shape index (κ2) is 10.0. The Morgan fingerprint density at radius 1 is 1.35 bits per heavy atom. The van der Waals surface area contributed by atoms with E-state index in [9.17, 15) is 0 Å². The molecule has 0 spiro atoms. The van der Waals surface area contributed by atoms with Crippen LogP contribution in [0.25, 0.3) is 0 Å². The highest BCUT2D eigenvalue weighted by Crippen LogP contribution is 2.17. The van der Waals surface area contributed by atoms with Crippen molar-refractivity contribution in [3.63, 3.8) is 0 Å². The molecule has 0 radical (unpaired) electrons. The summed E-state index contributed by atoms with van der Waals surface area (Å²) in [6, 6.07) is 2.56. The van der Waals surface area contributed by atoms with Gasteiger partial charge in [0, 0.05) is 38.6 Å². The zero-order valence-corrected chi connectivity index (χ0v) is 14.5. The predicted octanol–water partition coefficient (Wildman–Crippen LogP) is 2.39. The molecule has 0 aromatic carbocycles. The maximum atomic E-state index is 4.29. The summed E-state index contributed by atoms with van der Waals surface area (Å²) >= 11 is 0. The molecule has 1 aliphatic rings. The van der Waals surface area contributed by atoms with Crippen LogP contribution in [-0.4, -0.2) is 35.4 Å². The SMILES string of the molecule is CN=C(NCCCn1cccn1)NC1CCCCC1.I. The van der Waals surface area contributed by atoms with Crippen molar-refractivity contribution in [1.82, 2.24) is 20.4 Å². The first-order valence-electron chi connectivity index (χ1n) is 7.33. The van der Waals surface area contributed by atoms with E-state index in [1.165, 1.54) is 32.1 Å². The van der Waals surface area contributed by atoms with Crippen LogP contribution in [0.4, 0.5) is 0 Å². The second-order valence-corrected chi connectivity index (χ2v) is 5.10. The van der Waals surface area contributed by atoms with Gasteiger partial charge in [0.1, 0.15) is 0 Å². The second-order valence-electron chi connectivity index (χ2n) is 5.10. The molecule has 1 heterocycles. The molecular formula is C14H26IN5. The third-order valence-electron chi connectivity index (χ3n) is 3.59. The molecule has 0 atom stereocenters. The number of aliphatic imine (C=N–C) groups is 1. The van der Waals surface area contributed by atoms with Gasteiger partial charge in [-0.3, -0.25) is 9.67 Å². The Labute approximate surface area is 138 Å². The van der Waals surface area contributed by atoms with E-state index in [1.807, 2.05) is 30.2 Å². The van der Waals surface area contributed by atoms with Crippen LogP contribution in [0.1, 0.15) is 38.5 Å². The Bertz CT molecular complexity index is 371. The van der Waals surface area contributed by atoms with Crippen molar-refractivity contribution in [3.8, 4) is 0 Å². The first kappa shape index (κ1) is 17.3. The lowest BCUT2D eigenvalue weighted by molar-refractivity contribution is 0.409. The number of aromatic nitrogens is 2. The number of hydrogen-bond donors (Lipinski definition) is 2. The Hall–Kier alpha value is -0.790. The summed E-state index contributed by atoms with van der Waals surface area (Å²) in [6.45, 7) is 1.87. The van der Waals surface area contributed by atoms with Crippen molar-refractivity contribution in [2.45, 2.75) is 51.1 Å². The molecule has 5 nitrogen and oxygen atoms in total. The molecule has 1 fully saturated rings. The summed E-state index contributed by atoms with van der Waals surface area (Å²) < 4.78 is 1.96. The number of aryl methyl sites for hydroxylation is 1. The highest BCUT2D eigenvalue weighted by molar-refractivity contribution is 14.0. The van der Waals surface area contributed by atoms with Gasteiger partial charge in [0.05, 0.1) is 0 Å². The molecule has 0 bridgehead atoms. The van der Waals surface area contributed by atoms with E-state index in [0.29, 0.717) is 6.04 Å². The van der Waals surface area contributed by atoms with Gasteiger partial charge in [-0.25, -0.2) is 0 Å². The lowest BCUT2D eigenvalue weighted by Gasteiger charge is -2.24. The lowest BCUT2D eigenvalue weighted by Crippen LogP contribution is -2.44. The average molecular weight is 391 g/mol. The molecule has 114 valence electrons. The summed E-state index contributed by atoms with van der Waals surface area (Å²) in [5.74, 6) is 0.937. The number of nitrogens with zero attached hydrogens (tertiary/aromatic N) is 3. The van der Waals surface area contributed by atoms with Crippen LogP contribution in [0.5, 0.6) is 0 Å². The van der Waals surface area contributed by atoms with Crippen LogP contribution >= 0.6 is 24.0 Å². The van der Waals surface area contributed by atoms with E-state index in [-0.39, 0.29) is 24.0 Å². The number of nitrogens with one attached hydrogen (secondary N) is 2. The van der Waals surface area contributed by atoms with Crippen molar-refractivity contribution in [1.29, 1.82) is 0 Å². The maximum absolute atomic E-state index is 4.29. The molecule has 0 amide bonds. The van der Waals surface area contributed by atoms with E-state index in [1.54, 1.807) is 0 Å². The van der Waals surface area contributed by atoms with E-state index < -0.39 is 0 Å². The topological polar surface area (TPSA) is 54.2 Å². The van der Waals surface area contributed by atoms with Crippen molar-refractivity contribution >= 4 is 29.9 Å². The molecule has 1 aromatic rings. The van der Waals surface area contributed by atoms with Crippen LogP contribution in [0, 0.1) is 0 Å². The summed E-state index contributed by atoms with van der Waals surface area (Å²) in [5, 5.41) is 11.1. The Balaban J connectivity index is 0.00000200. The van der Waals surface area contributed by atoms with Gasteiger partial charge < -0.3 is 10.6 Å². The number of halogens is 1. The Morgan fingerprint density at radius 3 is 2.80 bits per heavy atom. The fourth-order valence-corrected chi connectivity index (χ4v) is 2.52. The molecule has 20 heavy (non-hydrogen) atoms. The standard InChI is InChI=1S/C14H25N5.HI/c1-15-14(18-13-7-3-2-4-8-13)16-9-5-11-19-12-6-10-17-19;/h6,10,12-13H,2-5,7-9,11H2,1H3,(H2,15,16,18);1H. The van der Waals surface area contributed by atoms with Gasteiger partial charge in [-0.1, -0.05) is 19.3 Å². The van der Waals surface area contributed by atoms with Crippen molar-refractivity contribution in [2.24, 2.45) is 4.99 Å². The van der Waals surface area contributed by atoms with Crippen LogP contribution in [0.15, 0.2) is 23.5 Å². The molecule has 0 saturated heterocycles. The van der Waals surface area contributed by atoms with Gasteiger partial charge in [0.2, 0.25) is 0 Å². The summed E-state index contributed by atoms with van der Waals surface area (Å²) in [7, 11) is 1.84. The Morgan fingerprint density at radius 2 is 2.15 bits per heavy atom. The fourth-order valence-electron chi connectivity index (χ4n) is 2.52. The highest BCUT2D eigenvalue weighted by Gasteiger charge is 2.13. The van der Waals surface area contributed by atoms with Crippen LogP contribution in [0.3, 0.4) is 0 Å². The van der Waals surface area contributed by atoms with Gasteiger partial charge in [-0.2, -0.15) is 5.10 Å². The minimum absolute atomic E-state index is 0. The van der Waals surface area contributed by atoms with Crippen molar-refractivity contribution in [3.05, 3.63) is 18.5 Å². The van der Waals surface area contributed by atoms with E-state index >= 15 is 0 Å². The summed E-state index contributed by atoms with van der Waals surface area (Å²) in [5.41, 5.74) is 0. The quantitative estimate of drug-likeness (QED) is 0.351. The molecular weight excluding hydrogens is 365 g/mol. The number of hydrogen-bond acceptors (Lipinski definition) is 2. The molecule has 1 aliphatic carbocycles. The molecule has 6 heteroatoms. The maximum Gasteiger partial charge on any atom is 0.191 e. The fraction of sp³-hybridized carbons (Fsp3) is 0.714. The van der Waals surface area contributed by atoms with Crippen LogP contribution < -0.4 is 10.6 Å². The average Bonchev–Trinajstić information content (AvgIpc) is 2.96. The minimum atomic E-state index is 0. The molecule has 0 aliphatic heterocycles. The number of rotatable bonds is 5. The van der Waals surface area contributed by atoms with E-state index in [0.717, 1.165) is 25.5 Å². The largest absolute Gasteiger partial charge is 0.356 e. The van der Waals surface area contributed by atoms with Crippen molar-refractivity contribution < 1.29 is 0 Å². The number of guanidine groups is 1. The Kier molecular flexibility index (Phi) is 8.64. The normalized spacial score (nSPS) is 16.6. The molecule has 0 unspecified atom stereocenters. The van der Waals surface area contributed by atoms with Gasteiger partial charge in [-0.15, -0.1) is 24.0 Å². The first-order chi connectivity index (χ1) is 9.38. The van der Waals surface area contributed by atoms with Gasteiger partial charge in [0.25, 0.3) is 0 Å². The molecule has 1 aromatic heterocycles. The zero-order valence-electron chi connectivity index (χ0n) is 12.2. The smallest absolute Gasteiger partial charge is 0.191 e. The van der Waals surface area contributed by atoms with E-state index in [2.05, 4.69) is 20.7 Å². The van der Waals surface area contributed by atoms with E-state index in [4.69, 9.17) is 0 Å². The van der Waals surface area contributed by atoms with Gasteiger partial charge in [0.15, 0.2) is 5.96 Å². The van der Waals surface area contributed by atoms with Crippen LogP contribution in [0.2, 0.25) is 0 Å². The molecule has 1 saturated carbocycles. The summed E-state index contributed by atoms with van der Waals surface area (Å²) in [4.78, 5) is 4.29. The van der Waals surface area contributed by atoms with Crippen LogP contribution in [-0.2, 0) is 6.54 Å². The third kappa shape index (κ3) is 6.11. The molecule has 2 N–H and O–H groups in total.